The first-order valence-corrected chi connectivity index (χ1v) is 7.37. The third-order valence-corrected chi connectivity index (χ3v) is 3.44. The molecule has 7 heteroatoms. The molecule has 2 rings (SSSR count). The van der Waals surface area contributed by atoms with Gasteiger partial charge in [0.1, 0.15) is 18.1 Å². The van der Waals surface area contributed by atoms with Gasteiger partial charge in [-0.25, -0.2) is 0 Å². The first-order chi connectivity index (χ1) is 11.4. The van der Waals surface area contributed by atoms with Crippen LogP contribution in [0.2, 0.25) is 0 Å². The van der Waals surface area contributed by atoms with E-state index in [4.69, 9.17) is 9.15 Å². The van der Waals surface area contributed by atoms with Crippen molar-refractivity contribution in [1.29, 1.82) is 0 Å². The zero-order valence-electron chi connectivity index (χ0n) is 13.2. The molecule has 0 saturated heterocycles. The molecule has 130 valence electrons. The van der Waals surface area contributed by atoms with Crippen molar-refractivity contribution in [2.75, 3.05) is 13.7 Å². The van der Waals surface area contributed by atoms with E-state index in [0.717, 1.165) is 10.5 Å². The Balaban J connectivity index is 1.97. The number of furan rings is 1. The van der Waals surface area contributed by atoms with Gasteiger partial charge in [-0.15, -0.1) is 0 Å². The fourth-order valence-electron chi connectivity index (χ4n) is 2.24. The number of amides is 1. The zero-order valence-corrected chi connectivity index (χ0v) is 13.2. The predicted octanol–water partition coefficient (Wildman–Crippen LogP) is 3.81. The van der Waals surface area contributed by atoms with Gasteiger partial charge in [-0.2, -0.15) is 13.2 Å². The standard InChI is InChI=1S/C17H18F3NO3/c1-23-14-7-4-13(5-8-14)6-9-16(22)21(12-17(18,19)20)11-15-3-2-10-24-15/h2-5,7-8,10H,6,9,11-12H2,1H3. The maximum atomic E-state index is 12.7. The van der Waals surface area contributed by atoms with E-state index in [0.29, 0.717) is 17.9 Å². The number of halogens is 3. The van der Waals surface area contributed by atoms with Crippen LogP contribution in [0.25, 0.3) is 0 Å². The highest BCUT2D eigenvalue weighted by molar-refractivity contribution is 5.76. The summed E-state index contributed by atoms with van der Waals surface area (Å²) in [6, 6.07) is 10.2. The largest absolute Gasteiger partial charge is 0.497 e. The number of methoxy groups -OCH3 is 1. The Kier molecular flexibility index (Phi) is 5.89. The Morgan fingerprint density at radius 2 is 1.92 bits per heavy atom. The van der Waals surface area contributed by atoms with Gasteiger partial charge in [0.2, 0.25) is 5.91 Å². The number of hydrogen-bond donors (Lipinski definition) is 0. The summed E-state index contributed by atoms with van der Waals surface area (Å²) in [5, 5.41) is 0. The monoisotopic (exact) mass is 341 g/mol. The lowest BCUT2D eigenvalue weighted by Crippen LogP contribution is -2.38. The third-order valence-electron chi connectivity index (χ3n) is 3.44. The molecule has 1 aromatic heterocycles. The molecule has 0 fully saturated rings. The first kappa shape index (κ1) is 17.9. The predicted molar refractivity (Wildman–Crippen MR) is 81.5 cm³/mol. The lowest BCUT2D eigenvalue weighted by Gasteiger charge is -2.23. The Labute approximate surface area is 137 Å². The SMILES string of the molecule is COc1ccc(CCC(=O)N(Cc2ccco2)CC(F)(F)F)cc1. The highest BCUT2D eigenvalue weighted by Crippen LogP contribution is 2.20. The molecule has 1 heterocycles. The lowest BCUT2D eigenvalue weighted by molar-refractivity contribution is -0.162. The number of alkyl halides is 3. The molecule has 0 aliphatic heterocycles. The van der Waals surface area contributed by atoms with Crippen LogP contribution in [0.1, 0.15) is 17.7 Å². The molecule has 4 nitrogen and oxygen atoms in total. The summed E-state index contributed by atoms with van der Waals surface area (Å²) in [5.41, 5.74) is 0.856. The number of hydrogen-bond acceptors (Lipinski definition) is 3. The van der Waals surface area contributed by atoms with E-state index < -0.39 is 18.6 Å². The zero-order chi connectivity index (χ0) is 17.6. The number of aryl methyl sites for hydroxylation is 1. The van der Waals surface area contributed by atoms with Crippen molar-refractivity contribution in [1.82, 2.24) is 4.90 Å². The number of rotatable bonds is 7. The fraction of sp³-hybridized carbons (Fsp3) is 0.353. The quantitative estimate of drug-likeness (QED) is 0.769. The van der Waals surface area contributed by atoms with Crippen LogP contribution in [0.4, 0.5) is 13.2 Å². The number of carbonyl (C=O) groups excluding carboxylic acids is 1. The van der Waals surface area contributed by atoms with Crippen molar-refractivity contribution in [2.24, 2.45) is 0 Å². The molecule has 1 amide bonds. The van der Waals surface area contributed by atoms with Crippen molar-refractivity contribution >= 4 is 5.91 Å². The van der Waals surface area contributed by atoms with Crippen LogP contribution in [0.3, 0.4) is 0 Å². The van der Waals surface area contributed by atoms with Gasteiger partial charge in [0.15, 0.2) is 0 Å². The molecule has 0 unspecified atom stereocenters. The average molecular weight is 341 g/mol. The molecule has 0 saturated carbocycles. The second-order valence-electron chi connectivity index (χ2n) is 5.29. The fourth-order valence-corrected chi connectivity index (χ4v) is 2.24. The number of nitrogens with zero attached hydrogens (tertiary/aromatic N) is 1. The summed E-state index contributed by atoms with van der Waals surface area (Å²) in [6.45, 7) is -1.50. The van der Waals surface area contributed by atoms with Gasteiger partial charge in [0.05, 0.1) is 19.9 Å². The molecule has 0 aliphatic carbocycles. The van der Waals surface area contributed by atoms with Gasteiger partial charge in [-0.3, -0.25) is 4.79 Å². The van der Waals surface area contributed by atoms with Crippen LogP contribution in [0.15, 0.2) is 47.1 Å². The van der Waals surface area contributed by atoms with Gasteiger partial charge in [0, 0.05) is 6.42 Å². The second-order valence-corrected chi connectivity index (χ2v) is 5.29. The maximum Gasteiger partial charge on any atom is 0.406 e. The highest BCUT2D eigenvalue weighted by atomic mass is 19.4. The minimum absolute atomic E-state index is 0.0108. The van der Waals surface area contributed by atoms with Crippen LogP contribution >= 0.6 is 0 Å². The van der Waals surface area contributed by atoms with E-state index in [-0.39, 0.29) is 13.0 Å². The smallest absolute Gasteiger partial charge is 0.406 e. The van der Waals surface area contributed by atoms with Crippen LogP contribution in [0.5, 0.6) is 5.75 Å². The molecule has 24 heavy (non-hydrogen) atoms. The summed E-state index contributed by atoms with van der Waals surface area (Å²) < 4.78 is 48.2. The number of carbonyl (C=O) groups is 1. The molecule has 1 aromatic carbocycles. The highest BCUT2D eigenvalue weighted by Gasteiger charge is 2.33. The van der Waals surface area contributed by atoms with E-state index in [1.54, 1.807) is 43.5 Å². The van der Waals surface area contributed by atoms with Crippen LogP contribution in [-0.2, 0) is 17.8 Å². The van der Waals surface area contributed by atoms with E-state index >= 15 is 0 Å². The van der Waals surface area contributed by atoms with Crippen molar-refractivity contribution in [3.05, 3.63) is 54.0 Å². The Morgan fingerprint density at radius 3 is 2.46 bits per heavy atom. The summed E-state index contributed by atoms with van der Waals surface area (Å²) in [4.78, 5) is 13.0. The Hall–Kier alpha value is -2.44. The Morgan fingerprint density at radius 1 is 1.21 bits per heavy atom. The van der Waals surface area contributed by atoms with Gasteiger partial charge in [-0.05, 0) is 36.2 Å². The molecule has 0 bridgehead atoms. The number of ether oxygens (including phenoxy) is 1. The first-order valence-electron chi connectivity index (χ1n) is 7.37. The maximum absolute atomic E-state index is 12.7. The van der Waals surface area contributed by atoms with E-state index in [1.165, 1.54) is 6.26 Å². The molecular weight excluding hydrogens is 323 g/mol. The normalized spacial score (nSPS) is 11.3. The van der Waals surface area contributed by atoms with Gasteiger partial charge >= 0.3 is 6.18 Å². The van der Waals surface area contributed by atoms with Crippen molar-refractivity contribution in [2.45, 2.75) is 25.6 Å². The van der Waals surface area contributed by atoms with Crippen molar-refractivity contribution in [3.63, 3.8) is 0 Å². The summed E-state index contributed by atoms with van der Waals surface area (Å²) >= 11 is 0. The molecule has 2 aromatic rings. The van der Waals surface area contributed by atoms with Crippen molar-refractivity contribution < 1.29 is 27.1 Å². The second kappa shape index (κ2) is 7.90. The van der Waals surface area contributed by atoms with Crippen molar-refractivity contribution in [3.8, 4) is 5.75 Å². The average Bonchev–Trinajstić information content (AvgIpc) is 3.04. The molecular formula is C17H18F3NO3. The molecule has 0 spiro atoms. The van der Waals surface area contributed by atoms with Gasteiger partial charge in [0.25, 0.3) is 0 Å². The van der Waals surface area contributed by atoms with E-state index in [1.807, 2.05) is 0 Å². The molecule has 0 radical (unpaired) electrons. The Bertz CT molecular complexity index is 636. The molecule has 0 aliphatic rings. The summed E-state index contributed by atoms with van der Waals surface area (Å²) in [7, 11) is 1.54. The minimum Gasteiger partial charge on any atom is -0.497 e. The summed E-state index contributed by atoms with van der Waals surface area (Å²) in [5.74, 6) is 0.429. The van der Waals surface area contributed by atoms with E-state index in [9.17, 15) is 18.0 Å². The van der Waals surface area contributed by atoms with E-state index in [2.05, 4.69) is 0 Å². The minimum atomic E-state index is -4.46. The topological polar surface area (TPSA) is 42.7 Å². The van der Waals surface area contributed by atoms with Crippen LogP contribution in [-0.4, -0.2) is 30.6 Å². The summed E-state index contributed by atoms with van der Waals surface area (Å²) in [6.07, 6.45) is -2.75. The third kappa shape index (κ3) is 5.64. The van der Waals surface area contributed by atoms with Gasteiger partial charge < -0.3 is 14.1 Å². The van der Waals surface area contributed by atoms with Crippen LogP contribution in [0, 0.1) is 0 Å². The molecule has 0 N–H and O–H groups in total. The number of benzene rings is 1. The van der Waals surface area contributed by atoms with Crippen LogP contribution < -0.4 is 4.74 Å². The van der Waals surface area contributed by atoms with Gasteiger partial charge in [-0.1, -0.05) is 12.1 Å². The molecule has 0 atom stereocenters. The lowest BCUT2D eigenvalue weighted by atomic mass is 10.1.